The van der Waals surface area contributed by atoms with Gasteiger partial charge in [0.15, 0.2) is 0 Å². The lowest BCUT2D eigenvalue weighted by molar-refractivity contribution is 0.698. The van der Waals surface area contributed by atoms with Crippen molar-refractivity contribution in [2.75, 3.05) is 5.32 Å². The number of anilines is 2. The second kappa shape index (κ2) is 6.76. The van der Waals surface area contributed by atoms with Gasteiger partial charge in [0.2, 0.25) is 0 Å². The van der Waals surface area contributed by atoms with Crippen LogP contribution in [-0.2, 0) is 19.4 Å². The van der Waals surface area contributed by atoms with Crippen LogP contribution in [0.3, 0.4) is 0 Å². The molecule has 5 rings (SSSR count). The number of hydrogen-bond donors (Lipinski definition) is 1. The fraction of sp³-hybridized carbons (Fsp3) is 0.125. The van der Waals surface area contributed by atoms with Crippen LogP contribution in [0.1, 0.15) is 16.7 Å². The van der Waals surface area contributed by atoms with E-state index in [4.69, 9.17) is 5.10 Å². The lowest BCUT2D eigenvalue weighted by atomic mass is 9.90. The summed E-state index contributed by atoms with van der Waals surface area (Å²) in [5.74, 6) is 1.11. The van der Waals surface area contributed by atoms with Gasteiger partial charge in [-0.2, -0.15) is 5.10 Å². The normalized spacial score (nSPS) is 12.3. The van der Waals surface area contributed by atoms with Crippen molar-refractivity contribution in [2.24, 2.45) is 0 Å². The van der Waals surface area contributed by atoms with Crippen molar-refractivity contribution in [3.63, 3.8) is 0 Å². The Kier molecular flexibility index (Phi) is 3.98. The number of fused-ring (bicyclic) bond motifs is 3. The van der Waals surface area contributed by atoms with Crippen LogP contribution in [0, 0.1) is 0 Å². The van der Waals surface area contributed by atoms with Gasteiger partial charge in [-0.25, -0.2) is 4.68 Å². The zero-order valence-corrected chi connectivity index (χ0v) is 15.1. The molecule has 0 aliphatic heterocycles. The number of para-hydroxylation sites is 1. The molecule has 0 radical (unpaired) electrons. The van der Waals surface area contributed by atoms with Crippen molar-refractivity contribution in [2.45, 2.75) is 19.4 Å². The van der Waals surface area contributed by atoms with Crippen LogP contribution >= 0.6 is 0 Å². The molecule has 3 aromatic carbocycles. The van der Waals surface area contributed by atoms with Crippen molar-refractivity contribution < 1.29 is 0 Å². The fourth-order valence-corrected chi connectivity index (χ4v) is 3.85. The van der Waals surface area contributed by atoms with E-state index in [-0.39, 0.29) is 0 Å². The third-order valence-electron chi connectivity index (χ3n) is 5.18. The van der Waals surface area contributed by atoms with Gasteiger partial charge in [0.25, 0.3) is 0 Å². The molecule has 0 bridgehead atoms. The zero-order chi connectivity index (χ0) is 18.1. The summed E-state index contributed by atoms with van der Waals surface area (Å²) in [5.41, 5.74) is 7.43. The molecule has 1 N–H and O–H groups in total. The lowest BCUT2D eigenvalue weighted by Crippen LogP contribution is -2.07. The van der Waals surface area contributed by atoms with Crippen molar-refractivity contribution in [1.29, 1.82) is 0 Å². The van der Waals surface area contributed by atoms with Gasteiger partial charge in [0.1, 0.15) is 5.82 Å². The predicted molar refractivity (Wildman–Crippen MR) is 110 cm³/mol. The highest BCUT2D eigenvalue weighted by atomic mass is 15.3. The second-order valence-electron chi connectivity index (χ2n) is 6.97. The average Bonchev–Trinajstić information content (AvgIpc) is 3.07. The van der Waals surface area contributed by atoms with Gasteiger partial charge in [-0.15, -0.1) is 0 Å². The summed E-state index contributed by atoms with van der Waals surface area (Å²) in [6, 6.07) is 29.5. The zero-order valence-electron chi connectivity index (χ0n) is 15.1. The molecule has 1 aliphatic rings. The average molecular weight is 351 g/mol. The van der Waals surface area contributed by atoms with Gasteiger partial charge in [-0.1, -0.05) is 72.8 Å². The minimum atomic E-state index is 0.755. The third-order valence-corrected chi connectivity index (χ3v) is 5.18. The van der Waals surface area contributed by atoms with Gasteiger partial charge in [-0.3, -0.25) is 0 Å². The van der Waals surface area contributed by atoms with E-state index in [2.05, 4.69) is 88.9 Å². The summed E-state index contributed by atoms with van der Waals surface area (Å²) in [6.45, 7) is 0.755. The lowest BCUT2D eigenvalue weighted by Gasteiger charge is -2.16. The first-order chi connectivity index (χ1) is 13.4. The fourth-order valence-electron chi connectivity index (χ4n) is 3.85. The summed E-state index contributed by atoms with van der Waals surface area (Å²) in [5, 5.41) is 8.67. The van der Waals surface area contributed by atoms with Gasteiger partial charge >= 0.3 is 0 Å². The first kappa shape index (κ1) is 15.9. The van der Waals surface area contributed by atoms with Crippen molar-refractivity contribution in [3.8, 4) is 11.3 Å². The number of nitrogens with one attached hydrogen (secondary N) is 1. The molecule has 0 atom stereocenters. The number of benzene rings is 3. The van der Waals surface area contributed by atoms with E-state index in [0.717, 1.165) is 36.6 Å². The molecule has 1 heterocycles. The molecule has 0 saturated carbocycles. The second-order valence-corrected chi connectivity index (χ2v) is 6.97. The number of aryl methyl sites for hydroxylation is 1. The van der Waals surface area contributed by atoms with E-state index >= 15 is 0 Å². The Morgan fingerprint density at radius 1 is 0.778 bits per heavy atom. The van der Waals surface area contributed by atoms with Crippen LogP contribution in [0.2, 0.25) is 0 Å². The molecule has 1 aliphatic carbocycles. The topological polar surface area (TPSA) is 29.9 Å². The molecule has 3 heteroatoms. The third kappa shape index (κ3) is 3.02. The van der Waals surface area contributed by atoms with E-state index < -0.39 is 0 Å². The van der Waals surface area contributed by atoms with Gasteiger partial charge < -0.3 is 5.32 Å². The number of rotatable bonds is 4. The number of hydrogen-bond acceptors (Lipinski definition) is 2. The van der Waals surface area contributed by atoms with Crippen LogP contribution in [0.4, 0.5) is 11.5 Å². The standard InChI is InChI=1S/C24H21N3/c1-3-9-18(10-4-1)17-27-24(25-20-12-5-2-6-13-20)22-16-15-19-11-7-8-14-21(19)23(22)26-27/h1-14,25H,15-17H2. The molecule has 3 nitrogen and oxygen atoms in total. The van der Waals surface area contributed by atoms with Crippen LogP contribution in [0.25, 0.3) is 11.3 Å². The Balaban J connectivity index is 1.62. The molecule has 132 valence electrons. The van der Waals surface area contributed by atoms with Crippen LogP contribution < -0.4 is 5.32 Å². The summed E-state index contributed by atoms with van der Waals surface area (Å²) in [4.78, 5) is 0. The van der Waals surface area contributed by atoms with E-state index in [1.807, 2.05) is 6.07 Å². The van der Waals surface area contributed by atoms with Crippen LogP contribution in [0.15, 0.2) is 84.9 Å². The molecular weight excluding hydrogens is 330 g/mol. The van der Waals surface area contributed by atoms with E-state index in [0.29, 0.717) is 0 Å². The highest BCUT2D eigenvalue weighted by molar-refractivity contribution is 5.76. The van der Waals surface area contributed by atoms with Crippen molar-refractivity contribution in [1.82, 2.24) is 9.78 Å². The van der Waals surface area contributed by atoms with E-state index in [1.54, 1.807) is 0 Å². The molecule has 4 aromatic rings. The predicted octanol–water partition coefficient (Wildman–Crippen LogP) is 5.44. The highest BCUT2D eigenvalue weighted by Crippen LogP contribution is 2.38. The molecule has 0 fully saturated rings. The maximum Gasteiger partial charge on any atom is 0.132 e. The van der Waals surface area contributed by atoms with Gasteiger partial charge in [0.05, 0.1) is 12.2 Å². The minimum absolute atomic E-state index is 0.755. The number of aromatic nitrogens is 2. The largest absolute Gasteiger partial charge is 0.340 e. The minimum Gasteiger partial charge on any atom is -0.340 e. The Morgan fingerprint density at radius 2 is 1.48 bits per heavy atom. The Hall–Kier alpha value is -3.33. The molecule has 0 spiro atoms. The maximum absolute atomic E-state index is 5.04. The van der Waals surface area contributed by atoms with Crippen LogP contribution in [0.5, 0.6) is 0 Å². The van der Waals surface area contributed by atoms with Gasteiger partial charge in [-0.05, 0) is 36.1 Å². The summed E-state index contributed by atoms with van der Waals surface area (Å²) >= 11 is 0. The van der Waals surface area contributed by atoms with Crippen molar-refractivity contribution >= 4 is 11.5 Å². The monoisotopic (exact) mass is 351 g/mol. The smallest absolute Gasteiger partial charge is 0.132 e. The summed E-state index contributed by atoms with van der Waals surface area (Å²) in [7, 11) is 0. The first-order valence-electron chi connectivity index (χ1n) is 9.42. The summed E-state index contributed by atoms with van der Waals surface area (Å²) < 4.78 is 2.12. The molecule has 27 heavy (non-hydrogen) atoms. The molecule has 0 saturated heterocycles. The Bertz CT molecular complexity index is 1070. The Morgan fingerprint density at radius 3 is 2.30 bits per heavy atom. The maximum atomic E-state index is 5.04. The van der Waals surface area contributed by atoms with E-state index in [1.165, 1.54) is 22.3 Å². The number of nitrogens with zero attached hydrogens (tertiary/aromatic N) is 2. The Labute approximate surface area is 159 Å². The van der Waals surface area contributed by atoms with Crippen LogP contribution in [-0.4, -0.2) is 9.78 Å². The highest BCUT2D eigenvalue weighted by Gasteiger charge is 2.24. The molecule has 0 amide bonds. The SMILES string of the molecule is c1ccc(Cn2nc3c(c2Nc2ccccc2)CCc2ccccc2-3)cc1. The van der Waals surface area contributed by atoms with Crippen molar-refractivity contribution in [3.05, 3.63) is 102 Å². The summed E-state index contributed by atoms with van der Waals surface area (Å²) in [6.07, 6.45) is 2.07. The van der Waals surface area contributed by atoms with E-state index in [9.17, 15) is 0 Å². The molecule has 1 aromatic heterocycles. The molecule has 0 unspecified atom stereocenters. The first-order valence-corrected chi connectivity index (χ1v) is 9.42. The quantitative estimate of drug-likeness (QED) is 0.530. The van der Waals surface area contributed by atoms with Gasteiger partial charge in [0, 0.05) is 16.8 Å². The molecular formula is C24H21N3.